The molecule has 1 aromatic rings. The Balaban J connectivity index is 1.51. The Kier molecular flexibility index (Phi) is 5.25. The first-order valence-electron chi connectivity index (χ1n) is 8.58. The fraction of sp³-hybridized carbons (Fsp3) is 0.667. The van der Waals surface area contributed by atoms with Crippen LogP contribution in [0.25, 0.3) is 0 Å². The third-order valence-corrected chi connectivity index (χ3v) is 4.97. The van der Waals surface area contributed by atoms with Crippen LogP contribution < -0.4 is 14.8 Å². The quantitative estimate of drug-likeness (QED) is 0.863. The van der Waals surface area contributed by atoms with Crippen LogP contribution in [0, 0.1) is 0 Å². The minimum atomic E-state index is -2.24. The van der Waals surface area contributed by atoms with E-state index in [1.54, 1.807) is 0 Å². The van der Waals surface area contributed by atoms with Crippen molar-refractivity contribution in [2.45, 2.75) is 44.6 Å². The Hall–Kier alpha value is -1.40. The van der Waals surface area contributed by atoms with Crippen LogP contribution in [0.3, 0.4) is 0 Å². The maximum absolute atomic E-state index is 12.4. The predicted octanol–water partition coefficient (Wildman–Crippen LogP) is 3.01. The second kappa shape index (κ2) is 7.23. The monoisotopic (exact) mass is 340 g/mol. The van der Waals surface area contributed by atoms with Crippen molar-refractivity contribution in [2.24, 2.45) is 0 Å². The number of likely N-dealkylation sites (tertiary alicyclic amines) is 1. The van der Waals surface area contributed by atoms with Gasteiger partial charge in [-0.1, -0.05) is 19.9 Å². The van der Waals surface area contributed by atoms with E-state index in [1.807, 2.05) is 11.0 Å². The molecule has 3 rings (SSSR count). The van der Waals surface area contributed by atoms with Crippen molar-refractivity contribution in [1.29, 1.82) is 0 Å². The number of benzene rings is 1. The molecule has 0 bridgehead atoms. The summed E-state index contributed by atoms with van der Waals surface area (Å²) in [5.41, 5.74) is 1.16. The SMILES string of the molecule is CC(C)(CNC1CCN(CC(F)F)CC1)c1ccc2c(c1)OCO2. The lowest BCUT2D eigenvalue weighted by Crippen LogP contribution is -2.46. The third kappa shape index (κ3) is 4.16. The van der Waals surface area contributed by atoms with Gasteiger partial charge in [-0.05, 0) is 43.6 Å². The standard InChI is InChI=1S/C18H26F2N2O2/c1-18(2,13-3-4-15-16(9-13)24-12-23-15)11-21-14-5-7-22(8-6-14)10-17(19)20/h3-4,9,14,17,21H,5-8,10-12H2,1-2H3. The third-order valence-electron chi connectivity index (χ3n) is 4.97. The van der Waals surface area contributed by atoms with E-state index in [4.69, 9.17) is 9.47 Å². The van der Waals surface area contributed by atoms with Crippen LogP contribution in [-0.4, -0.2) is 50.3 Å². The molecule has 1 fully saturated rings. The predicted molar refractivity (Wildman–Crippen MR) is 89.1 cm³/mol. The van der Waals surface area contributed by atoms with Crippen LogP contribution in [0.15, 0.2) is 18.2 Å². The van der Waals surface area contributed by atoms with Crippen molar-refractivity contribution >= 4 is 0 Å². The molecule has 24 heavy (non-hydrogen) atoms. The smallest absolute Gasteiger partial charge is 0.251 e. The zero-order valence-electron chi connectivity index (χ0n) is 14.4. The molecule has 1 aromatic carbocycles. The van der Waals surface area contributed by atoms with Gasteiger partial charge in [0.25, 0.3) is 6.43 Å². The van der Waals surface area contributed by atoms with Gasteiger partial charge in [0.1, 0.15) is 0 Å². The van der Waals surface area contributed by atoms with Crippen LogP contribution >= 0.6 is 0 Å². The Labute approximate surface area is 142 Å². The molecule has 0 unspecified atom stereocenters. The van der Waals surface area contributed by atoms with Gasteiger partial charge in [0.2, 0.25) is 6.79 Å². The van der Waals surface area contributed by atoms with Gasteiger partial charge in [0, 0.05) is 18.0 Å². The van der Waals surface area contributed by atoms with Crippen LogP contribution in [0.4, 0.5) is 8.78 Å². The summed E-state index contributed by atoms with van der Waals surface area (Å²) in [6, 6.07) is 6.49. The van der Waals surface area contributed by atoms with E-state index >= 15 is 0 Å². The summed E-state index contributed by atoms with van der Waals surface area (Å²) in [6.45, 7) is 6.90. The number of piperidine rings is 1. The van der Waals surface area contributed by atoms with Gasteiger partial charge in [0.15, 0.2) is 11.5 Å². The van der Waals surface area contributed by atoms with E-state index in [2.05, 4.69) is 31.3 Å². The van der Waals surface area contributed by atoms with Crippen molar-refractivity contribution in [3.05, 3.63) is 23.8 Å². The lowest BCUT2D eigenvalue weighted by atomic mass is 9.84. The number of nitrogens with one attached hydrogen (secondary N) is 1. The van der Waals surface area contributed by atoms with E-state index in [-0.39, 0.29) is 18.8 Å². The molecule has 0 amide bonds. The van der Waals surface area contributed by atoms with Gasteiger partial charge >= 0.3 is 0 Å². The molecule has 2 aliphatic heterocycles. The summed E-state index contributed by atoms with van der Waals surface area (Å²) < 4.78 is 35.7. The number of fused-ring (bicyclic) bond motifs is 1. The number of ether oxygens (including phenoxy) is 2. The summed E-state index contributed by atoms with van der Waals surface area (Å²) in [7, 11) is 0. The van der Waals surface area contributed by atoms with Crippen molar-refractivity contribution in [2.75, 3.05) is 33.0 Å². The Bertz CT molecular complexity index is 558. The lowest BCUT2D eigenvalue weighted by molar-refractivity contribution is 0.0727. The Morgan fingerprint density at radius 1 is 1.21 bits per heavy atom. The average Bonchev–Trinajstić information content (AvgIpc) is 3.01. The summed E-state index contributed by atoms with van der Waals surface area (Å²) in [6.07, 6.45) is -0.395. The zero-order chi connectivity index (χ0) is 17.2. The molecule has 134 valence electrons. The molecule has 0 spiro atoms. The summed E-state index contributed by atoms with van der Waals surface area (Å²) >= 11 is 0. The molecule has 0 saturated carbocycles. The van der Waals surface area contributed by atoms with Crippen LogP contribution in [0.5, 0.6) is 11.5 Å². The summed E-state index contributed by atoms with van der Waals surface area (Å²) in [4.78, 5) is 1.85. The largest absolute Gasteiger partial charge is 0.454 e. The van der Waals surface area contributed by atoms with Crippen molar-refractivity contribution in [3.8, 4) is 11.5 Å². The first-order valence-corrected chi connectivity index (χ1v) is 8.58. The molecular weight excluding hydrogens is 314 g/mol. The highest BCUT2D eigenvalue weighted by Gasteiger charge is 2.26. The van der Waals surface area contributed by atoms with E-state index in [1.165, 1.54) is 5.56 Å². The Morgan fingerprint density at radius 3 is 2.62 bits per heavy atom. The average molecular weight is 340 g/mol. The molecule has 0 aliphatic carbocycles. The van der Waals surface area contributed by atoms with Crippen LogP contribution in [-0.2, 0) is 5.41 Å². The van der Waals surface area contributed by atoms with Crippen molar-refractivity contribution in [1.82, 2.24) is 10.2 Å². The number of rotatable bonds is 6. The van der Waals surface area contributed by atoms with Gasteiger partial charge < -0.3 is 14.8 Å². The maximum Gasteiger partial charge on any atom is 0.251 e. The maximum atomic E-state index is 12.4. The number of nitrogens with zero attached hydrogens (tertiary/aromatic N) is 1. The van der Waals surface area contributed by atoms with Crippen LogP contribution in [0.2, 0.25) is 0 Å². The highest BCUT2D eigenvalue weighted by molar-refractivity contribution is 5.46. The number of alkyl halides is 2. The van der Waals surface area contributed by atoms with Gasteiger partial charge in [-0.25, -0.2) is 8.78 Å². The number of halogens is 2. The van der Waals surface area contributed by atoms with E-state index in [9.17, 15) is 8.78 Å². The number of hydrogen-bond acceptors (Lipinski definition) is 4. The molecule has 0 radical (unpaired) electrons. The molecule has 0 aromatic heterocycles. The number of hydrogen-bond donors (Lipinski definition) is 1. The minimum Gasteiger partial charge on any atom is -0.454 e. The fourth-order valence-electron chi connectivity index (χ4n) is 3.33. The van der Waals surface area contributed by atoms with E-state index < -0.39 is 6.43 Å². The molecular formula is C18H26F2N2O2. The van der Waals surface area contributed by atoms with Gasteiger partial charge in [0.05, 0.1) is 6.54 Å². The Morgan fingerprint density at radius 2 is 1.92 bits per heavy atom. The minimum absolute atomic E-state index is 0.0406. The molecule has 4 nitrogen and oxygen atoms in total. The van der Waals surface area contributed by atoms with Gasteiger partial charge in [-0.15, -0.1) is 0 Å². The first-order chi connectivity index (χ1) is 11.4. The molecule has 2 aliphatic rings. The van der Waals surface area contributed by atoms with E-state index in [0.717, 1.165) is 44.0 Å². The molecule has 6 heteroatoms. The summed E-state index contributed by atoms with van der Waals surface area (Å²) in [5.74, 6) is 1.61. The topological polar surface area (TPSA) is 33.7 Å². The highest BCUT2D eigenvalue weighted by Crippen LogP contribution is 2.36. The second-order valence-electron chi connectivity index (χ2n) is 7.30. The molecule has 0 atom stereocenters. The summed E-state index contributed by atoms with van der Waals surface area (Å²) in [5, 5.41) is 3.62. The van der Waals surface area contributed by atoms with E-state index in [0.29, 0.717) is 6.04 Å². The molecule has 2 heterocycles. The first kappa shape index (κ1) is 17.4. The molecule has 1 saturated heterocycles. The zero-order valence-corrected chi connectivity index (χ0v) is 14.4. The van der Waals surface area contributed by atoms with Crippen molar-refractivity contribution < 1.29 is 18.3 Å². The van der Waals surface area contributed by atoms with Gasteiger partial charge in [-0.3, -0.25) is 4.90 Å². The second-order valence-corrected chi connectivity index (χ2v) is 7.30. The van der Waals surface area contributed by atoms with Crippen LogP contribution in [0.1, 0.15) is 32.3 Å². The van der Waals surface area contributed by atoms with Crippen molar-refractivity contribution in [3.63, 3.8) is 0 Å². The highest BCUT2D eigenvalue weighted by atomic mass is 19.3. The molecule has 1 N–H and O–H groups in total. The normalized spacial score (nSPS) is 19.2. The van der Waals surface area contributed by atoms with Gasteiger partial charge in [-0.2, -0.15) is 0 Å². The fourth-order valence-corrected chi connectivity index (χ4v) is 3.33. The lowest BCUT2D eigenvalue weighted by Gasteiger charge is -2.34.